The van der Waals surface area contributed by atoms with Crippen LogP contribution in [0.2, 0.25) is 0 Å². The number of benzene rings is 1. The summed E-state index contributed by atoms with van der Waals surface area (Å²) in [6, 6.07) is 8.64. The molecule has 0 bridgehead atoms. The summed E-state index contributed by atoms with van der Waals surface area (Å²) in [5, 5.41) is 3.46. The third kappa shape index (κ3) is 4.90. The zero-order valence-electron chi connectivity index (χ0n) is 14.8. The van der Waals surface area contributed by atoms with Gasteiger partial charge in [-0.3, -0.25) is 9.69 Å². The van der Waals surface area contributed by atoms with Crippen molar-refractivity contribution in [1.82, 2.24) is 19.8 Å². The fraction of sp³-hybridized carbons (Fsp3) is 0.474. The Morgan fingerprint density at radius 1 is 1.36 bits per heavy atom. The first-order valence-corrected chi connectivity index (χ1v) is 8.87. The Hall–Kier alpha value is -2.18. The third-order valence-electron chi connectivity index (χ3n) is 4.86. The lowest BCUT2D eigenvalue weighted by Gasteiger charge is -2.31. The van der Waals surface area contributed by atoms with Crippen LogP contribution in [-0.4, -0.2) is 33.4 Å². The third-order valence-corrected chi connectivity index (χ3v) is 4.86. The zero-order valence-corrected chi connectivity index (χ0v) is 14.8. The van der Waals surface area contributed by atoms with Crippen LogP contribution in [-0.2, 0) is 31.5 Å². The molecule has 1 aromatic carbocycles. The van der Waals surface area contributed by atoms with Crippen LogP contribution in [0.1, 0.15) is 29.7 Å². The van der Waals surface area contributed by atoms with Gasteiger partial charge in [0.05, 0.1) is 17.9 Å². The van der Waals surface area contributed by atoms with Gasteiger partial charge in [-0.05, 0) is 30.5 Å². The summed E-state index contributed by atoms with van der Waals surface area (Å²) in [4.78, 5) is 17.9. The molecule has 3 N–H and O–H groups in total. The molecule has 0 spiro atoms. The maximum absolute atomic E-state index is 11.4. The van der Waals surface area contributed by atoms with Crippen molar-refractivity contribution in [3.05, 3.63) is 53.6 Å². The van der Waals surface area contributed by atoms with E-state index in [9.17, 15) is 4.79 Å². The monoisotopic (exact) mass is 341 g/mol. The Labute approximate surface area is 149 Å². The van der Waals surface area contributed by atoms with Crippen molar-refractivity contribution in [3.63, 3.8) is 0 Å². The van der Waals surface area contributed by atoms with Crippen molar-refractivity contribution in [1.29, 1.82) is 0 Å². The van der Waals surface area contributed by atoms with E-state index in [1.165, 1.54) is 16.8 Å². The molecule has 6 heteroatoms. The number of likely N-dealkylation sites (tertiary alicyclic amines) is 1. The van der Waals surface area contributed by atoms with E-state index < -0.39 is 0 Å². The average molecular weight is 341 g/mol. The van der Waals surface area contributed by atoms with Crippen LogP contribution in [0, 0.1) is 5.92 Å². The number of piperidine rings is 1. The van der Waals surface area contributed by atoms with Crippen molar-refractivity contribution in [2.75, 3.05) is 13.1 Å². The van der Waals surface area contributed by atoms with Crippen LogP contribution in [0.3, 0.4) is 0 Å². The summed E-state index contributed by atoms with van der Waals surface area (Å²) >= 11 is 0. The molecule has 3 rings (SSSR count). The number of imidazole rings is 1. The number of hydrogen-bond acceptors (Lipinski definition) is 4. The smallest absolute Gasteiger partial charge is 0.221 e. The van der Waals surface area contributed by atoms with Crippen molar-refractivity contribution < 1.29 is 4.79 Å². The van der Waals surface area contributed by atoms with Crippen LogP contribution in [0.25, 0.3) is 0 Å². The first-order valence-electron chi connectivity index (χ1n) is 8.87. The van der Waals surface area contributed by atoms with Crippen molar-refractivity contribution in [2.24, 2.45) is 18.7 Å². The number of nitrogens with one attached hydrogen (secondary N) is 1. The van der Waals surface area contributed by atoms with Crippen LogP contribution < -0.4 is 11.1 Å². The summed E-state index contributed by atoms with van der Waals surface area (Å²) in [6.07, 6.45) is 5.66. The first-order chi connectivity index (χ1) is 12.1. The van der Waals surface area contributed by atoms with E-state index in [1.54, 1.807) is 0 Å². The quantitative estimate of drug-likeness (QED) is 0.798. The number of carbonyl (C=O) groups is 1. The van der Waals surface area contributed by atoms with Gasteiger partial charge in [-0.15, -0.1) is 0 Å². The molecule has 0 saturated carbocycles. The fourth-order valence-electron chi connectivity index (χ4n) is 3.42. The molecule has 134 valence electrons. The minimum Gasteiger partial charge on any atom is -0.369 e. The zero-order chi connectivity index (χ0) is 17.6. The highest BCUT2D eigenvalue weighted by Gasteiger charge is 2.23. The summed E-state index contributed by atoms with van der Waals surface area (Å²) < 4.78 is 2.02. The second kappa shape index (κ2) is 8.27. The molecule has 1 aliphatic heterocycles. The predicted molar refractivity (Wildman–Crippen MR) is 97.4 cm³/mol. The molecule has 1 atom stereocenters. The Bertz CT molecular complexity index is 711. The van der Waals surface area contributed by atoms with Crippen LogP contribution >= 0.6 is 0 Å². The van der Waals surface area contributed by atoms with Crippen LogP contribution in [0.15, 0.2) is 36.8 Å². The second-order valence-electron chi connectivity index (χ2n) is 6.90. The molecule has 0 radical (unpaired) electrons. The van der Waals surface area contributed by atoms with Crippen molar-refractivity contribution >= 4 is 5.91 Å². The summed E-state index contributed by atoms with van der Waals surface area (Å²) in [5.74, 6) is -0.171. The van der Waals surface area contributed by atoms with E-state index in [0.29, 0.717) is 0 Å². The van der Waals surface area contributed by atoms with E-state index in [-0.39, 0.29) is 11.8 Å². The number of primary amides is 1. The van der Waals surface area contributed by atoms with Gasteiger partial charge in [0.2, 0.25) is 5.91 Å². The highest BCUT2D eigenvalue weighted by molar-refractivity contribution is 5.76. The van der Waals surface area contributed by atoms with Crippen LogP contribution in [0.4, 0.5) is 0 Å². The van der Waals surface area contributed by atoms with E-state index in [0.717, 1.165) is 45.6 Å². The van der Waals surface area contributed by atoms with E-state index in [4.69, 9.17) is 5.73 Å². The lowest BCUT2D eigenvalue weighted by molar-refractivity contribution is -0.123. The molecule has 0 aliphatic carbocycles. The molecule has 2 heterocycles. The number of aryl methyl sites for hydroxylation is 1. The molecule has 6 nitrogen and oxygen atoms in total. The Balaban J connectivity index is 1.52. The number of rotatable bonds is 7. The lowest BCUT2D eigenvalue weighted by Crippen LogP contribution is -2.40. The first kappa shape index (κ1) is 17.6. The van der Waals surface area contributed by atoms with Gasteiger partial charge in [0.15, 0.2) is 0 Å². The highest BCUT2D eigenvalue weighted by Crippen LogP contribution is 2.18. The predicted octanol–water partition coefficient (Wildman–Crippen LogP) is 1.41. The number of aromatic nitrogens is 2. The van der Waals surface area contributed by atoms with Gasteiger partial charge in [0.1, 0.15) is 0 Å². The lowest BCUT2D eigenvalue weighted by atomic mass is 9.97. The van der Waals surface area contributed by atoms with Gasteiger partial charge >= 0.3 is 0 Å². The maximum Gasteiger partial charge on any atom is 0.221 e. The SMILES string of the molecule is Cn1cncc1CNCc1cccc(CN2CCC[C@@H](C(N)=O)C2)c1. The molecule has 1 saturated heterocycles. The number of nitrogens with two attached hydrogens (primary N) is 1. The molecular formula is C19H27N5O. The van der Waals surface area contributed by atoms with Gasteiger partial charge in [-0.2, -0.15) is 0 Å². The highest BCUT2D eigenvalue weighted by atomic mass is 16.1. The van der Waals surface area contributed by atoms with Gasteiger partial charge in [-0.25, -0.2) is 4.98 Å². The van der Waals surface area contributed by atoms with Gasteiger partial charge in [0, 0.05) is 39.4 Å². The Kier molecular flexibility index (Phi) is 5.83. The normalized spacial score (nSPS) is 18.4. The van der Waals surface area contributed by atoms with E-state index in [1.807, 2.05) is 24.1 Å². The molecule has 0 unspecified atom stereocenters. The standard InChI is InChI=1S/C19H27N5O/c1-23-14-22-11-18(23)10-21-9-15-4-2-5-16(8-15)12-24-7-3-6-17(13-24)19(20)25/h2,4-5,8,11,14,17,21H,3,6-7,9-10,12-13H2,1H3,(H2,20,25)/t17-/m1/s1. The minimum atomic E-state index is -0.169. The summed E-state index contributed by atoms with van der Waals surface area (Å²) in [5.41, 5.74) is 9.19. The van der Waals surface area contributed by atoms with Gasteiger partial charge < -0.3 is 15.6 Å². The van der Waals surface area contributed by atoms with Gasteiger partial charge in [-0.1, -0.05) is 24.3 Å². The fourth-order valence-corrected chi connectivity index (χ4v) is 3.42. The Morgan fingerprint density at radius 2 is 2.20 bits per heavy atom. The summed E-state index contributed by atoms with van der Waals surface area (Å²) in [7, 11) is 2.00. The molecule has 2 aromatic rings. The molecule has 25 heavy (non-hydrogen) atoms. The molecular weight excluding hydrogens is 314 g/mol. The number of hydrogen-bond donors (Lipinski definition) is 2. The topological polar surface area (TPSA) is 76.2 Å². The van der Waals surface area contributed by atoms with Crippen molar-refractivity contribution in [2.45, 2.75) is 32.5 Å². The van der Waals surface area contributed by atoms with Crippen LogP contribution in [0.5, 0.6) is 0 Å². The number of amides is 1. The number of nitrogens with zero attached hydrogens (tertiary/aromatic N) is 3. The molecule has 1 aromatic heterocycles. The van der Waals surface area contributed by atoms with Crippen molar-refractivity contribution in [3.8, 4) is 0 Å². The largest absolute Gasteiger partial charge is 0.369 e. The Morgan fingerprint density at radius 3 is 2.96 bits per heavy atom. The molecule has 1 aliphatic rings. The van der Waals surface area contributed by atoms with E-state index in [2.05, 4.69) is 39.5 Å². The van der Waals surface area contributed by atoms with E-state index >= 15 is 0 Å². The molecule has 1 amide bonds. The average Bonchev–Trinajstić information content (AvgIpc) is 3.01. The maximum atomic E-state index is 11.4. The molecule has 1 fully saturated rings. The number of carbonyl (C=O) groups excluding carboxylic acids is 1. The minimum absolute atomic E-state index is 0.00232. The van der Waals surface area contributed by atoms with Gasteiger partial charge in [0.25, 0.3) is 0 Å². The second-order valence-corrected chi connectivity index (χ2v) is 6.90. The summed E-state index contributed by atoms with van der Waals surface area (Å²) in [6.45, 7) is 4.31.